The number of piperidine rings is 1. The maximum atomic E-state index is 13.6. The number of hydrogen-bond donors (Lipinski definition) is 0. The smallest absolute Gasteiger partial charge is 0.254 e. The van der Waals surface area contributed by atoms with Crippen LogP contribution in [0.15, 0.2) is 24.3 Å². The maximum absolute atomic E-state index is 13.6. The van der Waals surface area contributed by atoms with Gasteiger partial charge in [0.05, 0.1) is 6.04 Å². The van der Waals surface area contributed by atoms with Crippen LogP contribution in [0.1, 0.15) is 62.2 Å². The van der Waals surface area contributed by atoms with Crippen molar-refractivity contribution < 1.29 is 14.0 Å². The van der Waals surface area contributed by atoms with E-state index in [1.54, 1.807) is 17.0 Å². The number of rotatable bonds is 4. The molecule has 2 aliphatic heterocycles. The highest BCUT2D eigenvalue weighted by atomic mass is 19.1. The lowest BCUT2D eigenvalue weighted by Crippen LogP contribution is -2.60. The summed E-state index contributed by atoms with van der Waals surface area (Å²) in [6.07, 6.45) is 8.08. The third-order valence-electron chi connectivity index (χ3n) is 7.25. The van der Waals surface area contributed by atoms with Crippen molar-refractivity contribution in [3.8, 4) is 0 Å². The van der Waals surface area contributed by atoms with Crippen molar-refractivity contribution in [2.75, 3.05) is 32.7 Å². The second kappa shape index (κ2) is 9.46. The minimum Gasteiger partial charge on any atom is -0.339 e. The summed E-state index contributed by atoms with van der Waals surface area (Å²) >= 11 is 0. The molecule has 0 aromatic heterocycles. The molecule has 3 fully saturated rings. The second-order valence-electron chi connectivity index (χ2n) is 9.20. The standard InChI is InChI=1S/C24H34FN3O2/c1-18-7-4-5-12-28(18)24(30)22(19-8-2-3-9-19)26-13-15-27(16-14-26)23(29)20-10-6-11-21(25)17-20/h6,10-11,17-19,22H,2-5,7-9,12-16H2,1H3/t18-,22+/m0/s1. The minimum atomic E-state index is -0.387. The van der Waals surface area contributed by atoms with Crippen molar-refractivity contribution >= 4 is 11.8 Å². The van der Waals surface area contributed by atoms with Crippen LogP contribution in [0.5, 0.6) is 0 Å². The number of halogens is 1. The topological polar surface area (TPSA) is 43.9 Å². The van der Waals surface area contributed by atoms with E-state index in [0.29, 0.717) is 49.6 Å². The Hall–Kier alpha value is -1.95. The Labute approximate surface area is 179 Å². The van der Waals surface area contributed by atoms with Gasteiger partial charge in [0, 0.05) is 44.3 Å². The molecule has 2 heterocycles. The zero-order valence-corrected chi connectivity index (χ0v) is 18.1. The quantitative estimate of drug-likeness (QED) is 0.756. The van der Waals surface area contributed by atoms with Gasteiger partial charge in [-0.2, -0.15) is 0 Å². The van der Waals surface area contributed by atoms with Gasteiger partial charge in [-0.3, -0.25) is 14.5 Å². The average Bonchev–Trinajstić information content (AvgIpc) is 3.28. The summed E-state index contributed by atoms with van der Waals surface area (Å²) in [6, 6.07) is 6.17. The zero-order chi connectivity index (χ0) is 21.1. The number of amides is 2. The first-order valence-corrected chi connectivity index (χ1v) is 11.6. The molecule has 2 saturated heterocycles. The summed E-state index contributed by atoms with van der Waals surface area (Å²) in [5, 5.41) is 0. The lowest BCUT2D eigenvalue weighted by atomic mass is 9.92. The first-order valence-electron chi connectivity index (χ1n) is 11.6. The molecule has 1 aromatic rings. The van der Waals surface area contributed by atoms with Gasteiger partial charge in [-0.25, -0.2) is 4.39 Å². The molecule has 4 rings (SSSR count). The summed E-state index contributed by atoms with van der Waals surface area (Å²) in [5.74, 6) is 0.223. The van der Waals surface area contributed by atoms with Crippen LogP contribution in [0.3, 0.4) is 0 Å². The Morgan fingerprint density at radius 2 is 1.67 bits per heavy atom. The van der Waals surface area contributed by atoms with E-state index in [1.807, 2.05) is 0 Å². The highest BCUT2D eigenvalue weighted by Gasteiger charge is 2.40. The van der Waals surface area contributed by atoms with Crippen molar-refractivity contribution in [1.29, 1.82) is 0 Å². The summed E-state index contributed by atoms with van der Waals surface area (Å²) in [6.45, 7) is 5.63. The van der Waals surface area contributed by atoms with Crippen LogP contribution in [0.4, 0.5) is 4.39 Å². The Balaban J connectivity index is 1.44. The molecule has 1 aliphatic carbocycles. The van der Waals surface area contributed by atoms with E-state index in [9.17, 15) is 14.0 Å². The molecule has 5 nitrogen and oxygen atoms in total. The number of likely N-dealkylation sites (tertiary alicyclic amines) is 1. The Morgan fingerprint density at radius 1 is 0.967 bits per heavy atom. The zero-order valence-electron chi connectivity index (χ0n) is 18.1. The predicted octanol–water partition coefficient (Wildman–Crippen LogP) is 3.54. The summed E-state index contributed by atoms with van der Waals surface area (Å²) in [7, 11) is 0. The predicted molar refractivity (Wildman–Crippen MR) is 115 cm³/mol. The van der Waals surface area contributed by atoms with Crippen molar-refractivity contribution in [3.63, 3.8) is 0 Å². The van der Waals surface area contributed by atoms with E-state index in [1.165, 1.54) is 31.4 Å². The van der Waals surface area contributed by atoms with E-state index < -0.39 is 0 Å². The number of nitrogens with zero attached hydrogens (tertiary/aromatic N) is 3. The summed E-state index contributed by atoms with van der Waals surface area (Å²) in [4.78, 5) is 32.7. The first-order chi connectivity index (χ1) is 14.5. The molecule has 0 N–H and O–H groups in total. The van der Waals surface area contributed by atoms with E-state index in [0.717, 1.165) is 32.2 Å². The fraction of sp³-hybridized carbons (Fsp3) is 0.667. The highest BCUT2D eigenvalue weighted by molar-refractivity contribution is 5.94. The third-order valence-corrected chi connectivity index (χ3v) is 7.25. The van der Waals surface area contributed by atoms with E-state index in [2.05, 4.69) is 16.7 Å². The monoisotopic (exact) mass is 415 g/mol. The van der Waals surface area contributed by atoms with Gasteiger partial charge in [0.1, 0.15) is 5.82 Å². The Morgan fingerprint density at radius 3 is 2.33 bits per heavy atom. The number of hydrogen-bond acceptors (Lipinski definition) is 3. The largest absolute Gasteiger partial charge is 0.339 e. The fourth-order valence-electron chi connectivity index (χ4n) is 5.53. The summed E-state index contributed by atoms with van der Waals surface area (Å²) in [5.41, 5.74) is 0.397. The van der Waals surface area contributed by atoms with Gasteiger partial charge in [0.25, 0.3) is 5.91 Å². The molecule has 0 unspecified atom stereocenters. The molecule has 30 heavy (non-hydrogen) atoms. The first kappa shape index (κ1) is 21.3. The molecule has 0 bridgehead atoms. The lowest BCUT2D eigenvalue weighted by Gasteiger charge is -2.44. The number of carbonyl (C=O) groups is 2. The highest BCUT2D eigenvalue weighted by Crippen LogP contribution is 2.33. The Kier molecular flexibility index (Phi) is 6.71. The average molecular weight is 416 g/mol. The second-order valence-corrected chi connectivity index (χ2v) is 9.20. The van der Waals surface area contributed by atoms with Gasteiger partial charge in [-0.05, 0) is 63.1 Å². The molecule has 0 radical (unpaired) electrons. The van der Waals surface area contributed by atoms with Gasteiger partial charge >= 0.3 is 0 Å². The van der Waals surface area contributed by atoms with Crippen LogP contribution >= 0.6 is 0 Å². The van der Waals surface area contributed by atoms with Crippen LogP contribution in [0, 0.1) is 11.7 Å². The maximum Gasteiger partial charge on any atom is 0.254 e. The van der Waals surface area contributed by atoms with Crippen LogP contribution in [-0.2, 0) is 4.79 Å². The van der Waals surface area contributed by atoms with Crippen LogP contribution in [0.25, 0.3) is 0 Å². The van der Waals surface area contributed by atoms with E-state index in [4.69, 9.17) is 0 Å². The molecule has 3 aliphatic rings. The van der Waals surface area contributed by atoms with Gasteiger partial charge in [-0.1, -0.05) is 18.9 Å². The molecule has 1 aromatic carbocycles. The van der Waals surface area contributed by atoms with Crippen LogP contribution in [-0.4, -0.2) is 71.3 Å². The van der Waals surface area contributed by atoms with Gasteiger partial charge in [0.15, 0.2) is 0 Å². The van der Waals surface area contributed by atoms with Crippen molar-refractivity contribution in [2.45, 2.75) is 64.0 Å². The SMILES string of the molecule is C[C@H]1CCCCN1C(=O)[C@@H](C1CCCC1)N1CCN(C(=O)c2cccc(F)c2)CC1. The van der Waals surface area contributed by atoms with Gasteiger partial charge in [-0.15, -0.1) is 0 Å². The third kappa shape index (κ3) is 4.53. The van der Waals surface area contributed by atoms with Gasteiger partial charge in [0.2, 0.25) is 5.91 Å². The van der Waals surface area contributed by atoms with Crippen molar-refractivity contribution in [3.05, 3.63) is 35.6 Å². The van der Waals surface area contributed by atoms with Crippen LogP contribution in [0.2, 0.25) is 0 Å². The lowest BCUT2D eigenvalue weighted by molar-refractivity contribution is -0.143. The van der Waals surface area contributed by atoms with Crippen molar-refractivity contribution in [1.82, 2.24) is 14.7 Å². The molecule has 2 atom stereocenters. The molecule has 2 amide bonds. The molecular formula is C24H34FN3O2. The van der Waals surface area contributed by atoms with Crippen molar-refractivity contribution in [2.24, 2.45) is 5.92 Å². The van der Waals surface area contributed by atoms with Crippen LogP contribution < -0.4 is 0 Å². The van der Waals surface area contributed by atoms with E-state index >= 15 is 0 Å². The minimum absolute atomic E-state index is 0.0560. The molecular weight excluding hydrogens is 381 g/mol. The van der Waals surface area contributed by atoms with E-state index in [-0.39, 0.29) is 17.8 Å². The molecule has 0 spiro atoms. The summed E-state index contributed by atoms with van der Waals surface area (Å²) < 4.78 is 13.5. The number of benzene rings is 1. The molecule has 6 heteroatoms. The van der Waals surface area contributed by atoms with Gasteiger partial charge < -0.3 is 9.80 Å². The molecule has 164 valence electrons. The fourth-order valence-corrected chi connectivity index (χ4v) is 5.53. The molecule has 1 saturated carbocycles. The number of carbonyl (C=O) groups excluding carboxylic acids is 2. The normalized spacial score (nSPS) is 24.8. The Bertz CT molecular complexity index is 757. The number of piperazine rings is 1.